The molecule has 1 aromatic heterocycles. The Hall–Kier alpha value is -3.46. The Morgan fingerprint density at radius 2 is 1.76 bits per heavy atom. The summed E-state index contributed by atoms with van der Waals surface area (Å²) in [6.07, 6.45) is 1.00. The van der Waals surface area contributed by atoms with E-state index in [1.165, 1.54) is 5.56 Å². The van der Waals surface area contributed by atoms with E-state index in [0.717, 1.165) is 49.7 Å². The zero-order valence-corrected chi connectivity index (χ0v) is 21.2. The van der Waals surface area contributed by atoms with E-state index in [9.17, 15) is 18.0 Å². The zero-order valence-electron chi connectivity index (χ0n) is 21.2. The first-order valence-electron chi connectivity index (χ1n) is 13.2. The van der Waals surface area contributed by atoms with Crippen molar-refractivity contribution in [3.63, 3.8) is 0 Å². The predicted octanol–water partition coefficient (Wildman–Crippen LogP) is 5.40. The van der Waals surface area contributed by atoms with Crippen molar-refractivity contribution in [3.05, 3.63) is 82.7 Å². The van der Waals surface area contributed by atoms with E-state index in [1.54, 1.807) is 0 Å². The van der Waals surface area contributed by atoms with E-state index in [2.05, 4.69) is 32.7 Å². The highest BCUT2D eigenvalue weighted by Gasteiger charge is 2.45. The molecule has 38 heavy (non-hydrogen) atoms. The maximum absolute atomic E-state index is 13.8. The van der Waals surface area contributed by atoms with Gasteiger partial charge in [-0.05, 0) is 86.4 Å². The van der Waals surface area contributed by atoms with Crippen LogP contribution in [0.15, 0.2) is 54.7 Å². The van der Waals surface area contributed by atoms with Gasteiger partial charge in [-0.2, -0.15) is 13.2 Å². The number of hydrogen-bond donors (Lipinski definition) is 3. The fraction of sp³-hybridized carbons (Fsp3) is 0.414. The number of primary amides is 1. The average Bonchev–Trinajstić information content (AvgIpc) is 2.88. The molecule has 1 aliphatic heterocycles. The minimum Gasteiger partial charge on any atom is -0.369 e. The molecule has 9 heteroatoms. The standard InChI is InChI=1S/C29H32F3N5O/c30-29(31,32)24-18-35-27(36-22-9-6-19(7-10-22)20-12-16-34-17-13-20)37-25(24)11-8-21-4-1-2-5-23(21)28(26(33)38)14-3-15-28/h1-2,4-7,9-10,18,20,34H,3,8,11-17H2,(H2,33,38)(H,35,36,37). The van der Waals surface area contributed by atoms with Gasteiger partial charge in [0.1, 0.15) is 0 Å². The summed E-state index contributed by atoms with van der Waals surface area (Å²) in [5, 5.41) is 6.42. The van der Waals surface area contributed by atoms with Crippen LogP contribution >= 0.6 is 0 Å². The third-order valence-corrected chi connectivity index (χ3v) is 7.99. The van der Waals surface area contributed by atoms with Crippen LogP contribution in [0, 0.1) is 0 Å². The second kappa shape index (κ2) is 10.7. The number of alkyl halides is 3. The van der Waals surface area contributed by atoms with E-state index in [-0.39, 0.29) is 24.0 Å². The largest absolute Gasteiger partial charge is 0.419 e. The molecule has 1 amide bonds. The number of benzene rings is 2. The Kier molecular flexibility index (Phi) is 7.38. The molecule has 1 aliphatic carbocycles. The Balaban J connectivity index is 1.36. The van der Waals surface area contributed by atoms with Crippen LogP contribution in [-0.2, 0) is 29.2 Å². The molecule has 0 radical (unpaired) electrons. The van der Waals surface area contributed by atoms with Crippen LogP contribution < -0.4 is 16.4 Å². The van der Waals surface area contributed by atoms with Crippen LogP contribution in [0.25, 0.3) is 0 Å². The third-order valence-electron chi connectivity index (χ3n) is 7.99. The molecule has 2 fully saturated rings. The highest BCUT2D eigenvalue weighted by atomic mass is 19.4. The molecule has 3 aromatic rings. The normalized spacial score (nSPS) is 17.6. The number of halogens is 3. The third kappa shape index (κ3) is 5.38. The Morgan fingerprint density at radius 1 is 1.05 bits per heavy atom. The molecule has 0 atom stereocenters. The molecule has 2 aromatic carbocycles. The van der Waals surface area contributed by atoms with Crippen molar-refractivity contribution in [1.82, 2.24) is 15.3 Å². The number of hydrogen-bond acceptors (Lipinski definition) is 5. The molecule has 200 valence electrons. The molecule has 4 N–H and O–H groups in total. The maximum Gasteiger partial charge on any atom is 0.419 e. The van der Waals surface area contributed by atoms with Crippen molar-refractivity contribution in [1.29, 1.82) is 0 Å². The van der Waals surface area contributed by atoms with Crippen molar-refractivity contribution in [2.45, 2.75) is 62.5 Å². The fourth-order valence-electron chi connectivity index (χ4n) is 5.66. The molecule has 2 aliphatic rings. The van der Waals surface area contributed by atoms with E-state index in [1.807, 2.05) is 36.4 Å². The SMILES string of the molecule is NC(=O)C1(c2ccccc2CCc2nc(Nc3ccc(C4CCNCC4)cc3)ncc2C(F)(F)F)CCC1. The highest BCUT2D eigenvalue weighted by molar-refractivity contribution is 5.88. The number of carbonyl (C=O) groups excluding carboxylic acids is 1. The summed E-state index contributed by atoms with van der Waals surface area (Å²) in [6, 6.07) is 15.3. The van der Waals surface area contributed by atoms with E-state index in [4.69, 9.17) is 5.73 Å². The number of nitrogens with zero attached hydrogens (tertiary/aromatic N) is 2. The van der Waals surface area contributed by atoms with Crippen LogP contribution in [0.5, 0.6) is 0 Å². The maximum atomic E-state index is 13.8. The van der Waals surface area contributed by atoms with Gasteiger partial charge in [0, 0.05) is 11.9 Å². The summed E-state index contributed by atoms with van der Waals surface area (Å²) in [4.78, 5) is 20.5. The van der Waals surface area contributed by atoms with Gasteiger partial charge in [0.25, 0.3) is 0 Å². The minimum absolute atomic E-state index is 0.0482. The predicted molar refractivity (Wildman–Crippen MR) is 140 cm³/mol. The van der Waals surface area contributed by atoms with E-state index >= 15 is 0 Å². The molecule has 1 saturated carbocycles. The van der Waals surface area contributed by atoms with Gasteiger partial charge < -0.3 is 16.4 Å². The van der Waals surface area contributed by atoms with Crippen molar-refractivity contribution in [2.24, 2.45) is 5.73 Å². The van der Waals surface area contributed by atoms with Crippen LogP contribution in [0.1, 0.15) is 66.0 Å². The minimum atomic E-state index is -4.58. The van der Waals surface area contributed by atoms with Gasteiger partial charge in [-0.3, -0.25) is 4.79 Å². The summed E-state index contributed by atoms with van der Waals surface area (Å²) >= 11 is 0. The molecular formula is C29H32F3N5O. The first kappa shape index (κ1) is 26.2. The van der Waals surface area contributed by atoms with Gasteiger partial charge in [-0.25, -0.2) is 9.97 Å². The van der Waals surface area contributed by atoms with Gasteiger partial charge in [-0.15, -0.1) is 0 Å². The molecule has 6 nitrogen and oxygen atoms in total. The Labute approximate surface area is 220 Å². The summed E-state index contributed by atoms with van der Waals surface area (Å²) in [7, 11) is 0. The molecule has 0 spiro atoms. The number of amides is 1. The second-order valence-corrected chi connectivity index (χ2v) is 10.3. The number of aromatic nitrogens is 2. The molecule has 2 heterocycles. The number of carbonyl (C=O) groups is 1. The number of piperidine rings is 1. The van der Waals surface area contributed by atoms with Gasteiger partial charge in [-0.1, -0.05) is 42.8 Å². The van der Waals surface area contributed by atoms with Gasteiger partial charge in [0.05, 0.1) is 16.7 Å². The lowest BCUT2D eigenvalue weighted by Gasteiger charge is -2.40. The Morgan fingerprint density at radius 3 is 2.39 bits per heavy atom. The topological polar surface area (TPSA) is 92.9 Å². The quantitative estimate of drug-likeness (QED) is 0.368. The number of rotatable bonds is 8. The van der Waals surface area contributed by atoms with Crippen LogP contribution in [-0.4, -0.2) is 29.0 Å². The molecule has 5 rings (SSSR count). The van der Waals surface area contributed by atoms with Crippen molar-refractivity contribution >= 4 is 17.5 Å². The number of nitrogens with two attached hydrogens (primary N) is 1. The second-order valence-electron chi connectivity index (χ2n) is 10.3. The lowest BCUT2D eigenvalue weighted by molar-refractivity contribution is -0.138. The summed E-state index contributed by atoms with van der Waals surface area (Å²) in [5.74, 6) is 0.242. The summed E-state index contributed by atoms with van der Waals surface area (Å²) in [6.45, 7) is 2.00. The van der Waals surface area contributed by atoms with E-state index < -0.39 is 17.2 Å². The van der Waals surface area contributed by atoms with Gasteiger partial charge in [0.2, 0.25) is 11.9 Å². The Bertz CT molecular complexity index is 1280. The lowest BCUT2D eigenvalue weighted by atomic mass is 9.62. The molecular weight excluding hydrogens is 491 g/mol. The van der Waals surface area contributed by atoms with Crippen LogP contribution in [0.2, 0.25) is 0 Å². The van der Waals surface area contributed by atoms with Crippen molar-refractivity contribution < 1.29 is 18.0 Å². The van der Waals surface area contributed by atoms with Crippen molar-refractivity contribution in [2.75, 3.05) is 18.4 Å². The smallest absolute Gasteiger partial charge is 0.369 e. The van der Waals surface area contributed by atoms with Crippen molar-refractivity contribution in [3.8, 4) is 0 Å². The first-order chi connectivity index (χ1) is 18.3. The highest BCUT2D eigenvalue weighted by Crippen LogP contribution is 2.45. The summed E-state index contributed by atoms with van der Waals surface area (Å²) in [5.41, 5.74) is 7.68. The number of anilines is 2. The molecule has 0 bridgehead atoms. The lowest BCUT2D eigenvalue weighted by Crippen LogP contribution is -2.47. The summed E-state index contributed by atoms with van der Waals surface area (Å²) < 4.78 is 41.5. The fourth-order valence-corrected chi connectivity index (χ4v) is 5.66. The number of aryl methyl sites for hydroxylation is 2. The molecule has 1 saturated heterocycles. The van der Waals surface area contributed by atoms with Gasteiger partial charge >= 0.3 is 6.18 Å². The first-order valence-corrected chi connectivity index (χ1v) is 13.2. The van der Waals surface area contributed by atoms with Crippen LogP contribution in [0.4, 0.5) is 24.8 Å². The molecule has 0 unspecified atom stereocenters. The zero-order chi connectivity index (χ0) is 26.8. The van der Waals surface area contributed by atoms with Gasteiger partial charge in [0.15, 0.2) is 0 Å². The average molecular weight is 524 g/mol. The van der Waals surface area contributed by atoms with Crippen LogP contribution in [0.3, 0.4) is 0 Å². The monoisotopic (exact) mass is 523 g/mol. The van der Waals surface area contributed by atoms with E-state index in [0.29, 0.717) is 30.9 Å². The number of nitrogens with one attached hydrogen (secondary N) is 2.